The van der Waals surface area contributed by atoms with Crippen LogP contribution in [0, 0.1) is 5.92 Å². The maximum Gasteiger partial charge on any atom is 0.0576 e. The minimum absolute atomic E-state index is 0.498. The number of piperazine rings is 1. The second-order valence-corrected chi connectivity index (χ2v) is 4.50. The quantitative estimate of drug-likeness (QED) is 0.723. The fraction of sp³-hybridized carbons (Fsp3) is 1.00. The minimum Gasteiger partial charge on any atom is -0.378 e. The predicted octanol–water partition coefficient (Wildman–Crippen LogP) is 0.707. The number of rotatable bonds is 3. The van der Waals surface area contributed by atoms with Crippen molar-refractivity contribution < 1.29 is 4.74 Å². The van der Waals surface area contributed by atoms with Crippen molar-refractivity contribution in [2.45, 2.75) is 25.9 Å². The Balaban J connectivity index is 1.65. The zero-order valence-corrected chi connectivity index (χ0v) is 9.17. The van der Waals surface area contributed by atoms with Gasteiger partial charge in [-0.05, 0) is 32.2 Å². The third-order valence-electron chi connectivity index (χ3n) is 3.56. The van der Waals surface area contributed by atoms with E-state index in [1.807, 2.05) is 0 Å². The molecule has 0 spiro atoms. The highest BCUT2D eigenvalue weighted by Gasteiger charge is 2.24. The third-order valence-corrected chi connectivity index (χ3v) is 3.56. The van der Waals surface area contributed by atoms with E-state index in [0.29, 0.717) is 6.10 Å². The first kappa shape index (κ1) is 10.4. The summed E-state index contributed by atoms with van der Waals surface area (Å²) in [5, 5.41) is 3.39. The molecule has 0 radical (unpaired) electrons. The van der Waals surface area contributed by atoms with Gasteiger partial charge in [0.1, 0.15) is 0 Å². The molecule has 0 bridgehead atoms. The van der Waals surface area contributed by atoms with Crippen molar-refractivity contribution in [3.63, 3.8) is 0 Å². The van der Waals surface area contributed by atoms with Crippen molar-refractivity contribution in [1.82, 2.24) is 10.2 Å². The molecule has 2 aliphatic rings. The molecule has 3 nitrogen and oxygen atoms in total. The lowest BCUT2D eigenvalue weighted by atomic mass is 9.98. The van der Waals surface area contributed by atoms with Gasteiger partial charge in [-0.2, -0.15) is 0 Å². The Morgan fingerprint density at radius 2 is 2.14 bits per heavy atom. The first-order valence-electron chi connectivity index (χ1n) is 5.91. The van der Waals surface area contributed by atoms with Crippen LogP contribution in [0.1, 0.15) is 19.8 Å². The average Bonchev–Trinajstić information content (AvgIpc) is 2.63. The molecule has 82 valence electrons. The number of ether oxygens (including phenoxy) is 1. The lowest BCUT2D eigenvalue weighted by Crippen LogP contribution is -2.44. The van der Waals surface area contributed by atoms with Gasteiger partial charge in [0, 0.05) is 32.8 Å². The molecule has 0 aromatic carbocycles. The van der Waals surface area contributed by atoms with Crippen LogP contribution in [0.15, 0.2) is 0 Å². The van der Waals surface area contributed by atoms with Gasteiger partial charge in [0.25, 0.3) is 0 Å². The fourth-order valence-electron chi connectivity index (χ4n) is 2.44. The molecule has 1 N–H and O–H groups in total. The van der Waals surface area contributed by atoms with Crippen LogP contribution < -0.4 is 5.32 Å². The van der Waals surface area contributed by atoms with E-state index < -0.39 is 0 Å². The Kier molecular flexibility index (Phi) is 3.79. The maximum atomic E-state index is 5.57. The van der Waals surface area contributed by atoms with Gasteiger partial charge in [0.2, 0.25) is 0 Å². The average molecular weight is 198 g/mol. The second kappa shape index (κ2) is 5.10. The Morgan fingerprint density at radius 1 is 1.36 bits per heavy atom. The minimum atomic E-state index is 0.498. The summed E-state index contributed by atoms with van der Waals surface area (Å²) in [5.74, 6) is 0.810. The topological polar surface area (TPSA) is 24.5 Å². The molecular formula is C11H22N2O. The lowest BCUT2D eigenvalue weighted by Gasteiger charge is -2.28. The van der Waals surface area contributed by atoms with E-state index in [-0.39, 0.29) is 0 Å². The molecule has 0 saturated carbocycles. The molecule has 0 amide bonds. The Bertz CT molecular complexity index is 169. The number of hydrogen-bond acceptors (Lipinski definition) is 3. The Hall–Kier alpha value is -0.120. The first-order valence-corrected chi connectivity index (χ1v) is 5.91. The number of nitrogens with zero attached hydrogens (tertiary/aromatic N) is 1. The van der Waals surface area contributed by atoms with Crippen LogP contribution in [-0.4, -0.2) is 50.3 Å². The molecule has 14 heavy (non-hydrogen) atoms. The van der Waals surface area contributed by atoms with Crippen molar-refractivity contribution in [2.75, 3.05) is 39.3 Å². The molecule has 2 saturated heterocycles. The Labute approximate surface area is 86.8 Å². The van der Waals surface area contributed by atoms with Gasteiger partial charge in [-0.1, -0.05) is 0 Å². The molecule has 0 aromatic heterocycles. The van der Waals surface area contributed by atoms with Crippen LogP contribution in [0.5, 0.6) is 0 Å². The monoisotopic (exact) mass is 198 g/mol. The van der Waals surface area contributed by atoms with Crippen LogP contribution in [0.25, 0.3) is 0 Å². The van der Waals surface area contributed by atoms with E-state index in [0.717, 1.165) is 25.6 Å². The van der Waals surface area contributed by atoms with Crippen molar-refractivity contribution in [2.24, 2.45) is 5.92 Å². The summed E-state index contributed by atoms with van der Waals surface area (Å²) in [7, 11) is 0. The van der Waals surface area contributed by atoms with Crippen molar-refractivity contribution in [1.29, 1.82) is 0 Å². The number of nitrogens with one attached hydrogen (secondary N) is 1. The highest BCUT2D eigenvalue weighted by molar-refractivity contribution is 4.75. The molecular weight excluding hydrogens is 176 g/mol. The van der Waals surface area contributed by atoms with Crippen LogP contribution in [0.4, 0.5) is 0 Å². The van der Waals surface area contributed by atoms with E-state index in [4.69, 9.17) is 4.74 Å². The Morgan fingerprint density at radius 3 is 2.79 bits per heavy atom. The zero-order chi connectivity index (χ0) is 9.80. The van der Waals surface area contributed by atoms with E-state index in [9.17, 15) is 0 Å². The summed E-state index contributed by atoms with van der Waals surface area (Å²) < 4.78 is 5.57. The SMILES string of the molecule is CC1OCCC1CCN1CCNCC1. The van der Waals surface area contributed by atoms with E-state index in [1.165, 1.54) is 32.5 Å². The number of hydrogen-bond donors (Lipinski definition) is 1. The summed E-state index contributed by atoms with van der Waals surface area (Å²) in [6, 6.07) is 0. The normalized spacial score (nSPS) is 34.9. The van der Waals surface area contributed by atoms with Gasteiger partial charge in [0.05, 0.1) is 6.10 Å². The molecule has 0 aromatic rings. The summed E-state index contributed by atoms with van der Waals surface area (Å²) in [6.07, 6.45) is 3.09. The molecule has 2 fully saturated rings. The van der Waals surface area contributed by atoms with Gasteiger partial charge in [0.15, 0.2) is 0 Å². The van der Waals surface area contributed by atoms with Crippen LogP contribution in [-0.2, 0) is 4.74 Å². The smallest absolute Gasteiger partial charge is 0.0576 e. The van der Waals surface area contributed by atoms with Crippen molar-refractivity contribution >= 4 is 0 Å². The third kappa shape index (κ3) is 2.69. The van der Waals surface area contributed by atoms with Gasteiger partial charge < -0.3 is 15.0 Å². The summed E-state index contributed by atoms with van der Waals surface area (Å²) in [6.45, 7) is 9.24. The molecule has 2 heterocycles. The van der Waals surface area contributed by atoms with Crippen LogP contribution in [0.2, 0.25) is 0 Å². The highest BCUT2D eigenvalue weighted by Crippen LogP contribution is 2.23. The van der Waals surface area contributed by atoms with Crippen molar-refractivity contribution in [3.05, 3.63) is 0 Å². The molecule has 0 aliphatic carbocycles. The molecule has 2 aliphatic heterocycles. The van der Waals surface area contributed by atoms with Gasteiger partial charge in [-0.25, -0.2) is 0 Å². The van der Waals surface area contributed by atoms with Crippen molar-refractivity contribution in [3.8, 4) is 0 Å². The summed E-state index contributed by atoms with van der Waals surface area (Å²) in [4.78, 5) is 2.57. The van der Waals surface area contributed by atoms with E-state index >= 15 is 0 Å². The molecule has 2 atom stereocenters. The standard InChI is InChI=1S/C11H22N2O/c1-10-11(3-9-14-10)2-6-13-7-4-12-5-8-13/h10-12H,2-9H2,1H3. The first-order chi connectivity index (χ1) is 6.86. The van der Waals surface area contributed by atoms with E-state index in [2.05, 4.69) is 17.1 Å². The highest BCUT2D eigenvalue weighted by atomic mass is 16.5. The van der Waals surface area contributed by atoms with Gasteiger partial charge in [-0.15, -0.1) is 0 Å². The molecule has 2 rings (SSSR count). The fourth-order valence-corrected chi connectivity index (χ4v) is 2.44. The summed E-state index contributed by atoms with van der Waals surface area (Å²) in [5.41, 5.74) is 0. The lowest BCUT2D eigenvalue weighted by molar-refractivity contribution is 0.0991. The summed E-state index contributed by atoms with van der Waals surface area (Å²) >= 11 is 0. The van der Waals surface area contributed by atoms with Gasteiger partial charge >= 0.3 is 0 Å². The largest absolute Gasteiger partial charge is 0.378 e. The zero-order valence-electron chi connectivity index (χ0n) is 9.17. The molecule has 3 heteroatoms. The van der Waals surface area contributed by atoms with Gasteiger partial charge in [-0.3, -0.25) is 0 Å². The predicted molar refractivity (Wildman–Crippen MR) is 57.4 cm³/mol. The molecule has 2 unspecified atom stereocenters. The van der Waals surface area contributed by atoms with Crippen LogP contribution in [0.3, 0.4) is 0 Å². The van der Waals surface area contributed by atoms with Crippen LogP contribution >= 0.6 is 0 Å². The second-order valence-electron chi connectivity index (χ2n) is 4.50. The van der Waals surface area contributed by atoms with E-state index in [1.54, 1.807) is 0 Å². The maximum absolute atomic E-state index is 5.57.